The van der Waals surface area contributed by atoms with Crippen molar-refractivity contribution < 1.29 is 0 Å². The van der Waals surface area contributed by atoms with E-state index in [9.17, 15) is 0 Å². The van der Waals surface area contributed by atoms with Crippen LogP contribution in [0.3, 0.4) is 0 Å². The zero-order chi connectivity index (χ0) is 73.0. The van der Waals surface area contributed by atoms with E-state index in [1.54, 1.807) is 0 Å². The van der Waals surface area contributed by atoms with E-state index in [0.717, 1.165) is 106 Å². The van der Waals surface area contributed by atoms with Crippen molar-refractivity contribution in [2.75, 3.05) is 19.6 Å². The molecular weight excluding hydrogens is 1370 g/mol. The number of hydrogen-bond donors (Lipinski definition) is 0. The van der Waals surface area contributed by atoms with E-state index in [0.29, 0.717) is 0 Å². The first-order chi connectivity index (χ1) is 55.5. The zero-order valence-electron chi connectivity index (χ0n) is 61.3. The number of rotatable bonds is 0. The largest absolute Gasteiger partial charge is 0.308 e. The van der Waals surface area contributed by atoms with E-state index >= 15 is 0 Å². The van der Waals surface area contributed by atoms with Crippen molar-refractivity contribution in [3.8, 4) is 44.5 Å². The molecule has 0 saturated heterocycles. The van der Waals surface area contributed by atoms with Gasteiger partial charge in [-0.1, -0.05) is 121 Å². The summed E-state index contributed by atoms with van der Waals surface area (Å²) in [7, 11) is 0. The maximum absolute atomic E-state index is 4.80. The summed E-state index contributed by atoms with van der Waals surface area (Å²) in [5.41, 5.74) is 58.4. The summed E-state index contributed by atoms with van der Waals surface area (Å²) in [4.78, 5) is 46.9. The quantitative estimate of drug-likeness (QED) is 0.144. The van der Waals surface area contributed by atoms with Gasteiger partial charge in [0.15, 0.2) is 0 Å². The van der Waals surface area contributed by atoms with Crippen LogP contribution in [0.4, 0.5) is 68.2 Å². The highest BCUT2D eigenvalue weighted by Crippen LogP contribution is 2.59. The maximum Gasteiger partial charge on any atom is 0.0717 e. The molecule has 0 fully saturated rings. The molecule has 0 radical (unpaired) electrons. The Morgan fingerprint density at radius 1 is 0.179 bits per heavy atom. The average Bonchev–Trinajstić information content (AvgIpc) is 1.28. The average molecular weight is 1440 g/mol. The molecule has 0 N–H and O–H groups in total. The Morgan fingerprint density at radius 3 is 0.964 bits per heavy atom. The molecule has 0 atom stereocenters. The normalized spacial score (nSPS) is 14.6. The molecule has 0 unspecified atom stereocenters. The molecule has 4 aliphatic carbocycles. The molecule has 12 heteroatoms. The Labute approximate surface area is 647 Å². The van der Waals surface area contributed by atoms with Gasteiger partial charge in [0.25, 0.3) is 0 Å². The molecule has 528 valence electrons. The minimum absolute atomic E-state index is 0.805. The topological polar surface area (TPSA) is 116 Å². The number of anilines is 12. The van der Waals surface area contributed by atoms with Gasteiger partial charge in [-0.05, 0) is 244 Å². The van der Waals surface area contributed by atoms with Crippen LogP contribution in [0.1, 0.15) is 134 Å². The van der Waals surface area contributed by atoms with E-state index in [1.807, 2.05) is 74.0 Å². The van der Waals surface area contributed by atoms with Crippen molar-refractivity contribution in [2.45, 2.75) is 77.0 Å². The minimum atomic E-state index is 0.805. The van der Waals surface area contributed by atoms with Crippen LogP contribution in [-0.2, 0) is 77.0 Å². The first kappa shape index (κ1) is 62.1. The van der Waals surface area contributed by atoms with Gasteiger partial charge in [0, 0.05) is 124 Å². The van der Waals surface area contributed by atoms with Crippen LogP contribution < -0.4 is 19.6 Å². The second-order valence-electron chi connectivity index (χ2n) is 31.5. The first-order valence-electron chi connectivity index (χ1n) is 39.3. The van der Waals surface area contributed by atoms with E-state index in [1.165, 1.54) is 219 Å². The molecule has 0 bridgehead atoms. The number of hydrogen-bond acceptors (Lipinski definition) is 12. The molecule has 12 aliphatic rings. The third kappa shape index (κ3) is 9.05. The Kier molecular flexibility index (Phi) is 13.2. The van der Waals surface area contributed by atoms with Crippen molar-refractivity contribution in [3.63, 3.8) is 0 Å². The Hall–Kier alpha value is -13.8. The van der Waals surface area contributed by atoms with Crippen molar-refractivity contribution in [1.82, 2.24) is 39.9 Å². The van der Waals surface area contributed by atoms with Crippen molar-refractivity contribution in [3.05, 3.63) is 403 Å². The zero-order valence-corrected chi connectivity index (χ0v) is 61.3. The van der Waals surface area contributed by atoms with E-state index in [-0.39, 0.29) is 0 Å². The molecule has 28 rings (SSSR count). The van der Waals surface area contributed by atoms with Crippen LogP contribution >= 0.6 is 0 Å². The summed E-state index contributed by atoms with van der Waals surface area (Å²) in [5, 5.41) is 0. The van der Waals surface area contributed by atoms with Crippen LogP contribution in [0.2, 0.25) is 0 Å². The SMILES string of the molecule is c1ccc2c(c1)Cc1ccc3c(c1-2)Cc1ccnc2c1N3c1cccnc1C2.c1ccc2c(c1)Cc1ccc3c(c1-2)Cc1ccnc2c1N3c1ccncc1C2.c1ccc2c(c1)Cc1ccc3c(c1-2)Cc1cncc2c1N3c1cccnc1C2.c1ccc2c(c1)Cc1ccc3c(c1-2)Cc1nccc2c1N3c1cccnc1C2. The fourth-order valence-corrected chi connectivity index (χ4v) is 21.1. The smallest absolute Gasteiger partial charge is 0.0717 e. The van der Waals surface area contributed by atoms with Gasteiger partial charge in [0.05, 0.1) is 102 Å². The summed E-state index contributed by atoms with van der Waals surface area (Å²) in [6.07, 6.45) is 30.8. The molecule has 112 heavy (non-hydrogen) atoms. The number of aromatic nitrogens is 8. The van der Waals surface area contributed by atoms with Gasteiger partial charge in [-0.3, -0.25) is 39.9 Å². The Balaban J connectivity index is 0.0000000847. The standard InChI is InChI=1S/4C25H17N3/c1-2-5-18-15(4-1)12-16-7-8-22-19(24(16)18)14-21-25-17(9-11-27-21)13-20-23(28(22)25)6-3-10-26-20;1-2-5-18-15(4-1)12-16-7-8-22-19(24(16)18)13-17-9-11-27-21-14-20-23(6-3-10-26-20)28(22)25(17)21;1-2-5-19-15(4-1)10-16-7-8-22-20(24(16)19)11-17-13-26-14-18-12-21-23(6-3-9-27-21)28(22)25(17)18;1-2-4-19-15(3-1)11-16-5-6-23-20(24(16)19)12-17-7-10-27-21-13-18-14-26-9-8-22(18)28(23)25(17)21/h2*1-11H,12-14H2;1-9,13-14H,10-12H2;1-10,14H,11-13H2. The molecule has 0 amide bonds. The molecule has 16 aromatic rings. The maximum atomic E-state index is 4.80. The van der Waals surface area contributed by atoms with Gasteiger partial charge in [0.1, 0.15) is 0 Å². The van der Waals surface area contributed by atoms with Crippen molar-refractivity contribution in [1.29, 1.82) is 0 Å². The molecule has 16 heterocycles. The predicted octanol–water partition coefficient (Wildman–Crippen LogP) is 21.3. The number of pyridine rings is 8. The number of fused-ring (bicyclic) bond motifs is 32. The highest BCUT2D eigenvalue weighted by molar-refractivity contribution is 5.99. The van der Waals surface area contributed by atoms with Crippen LogP contribution in [0.15, 0.2) is 268 Å². The molecule has 12 nitrogen and oxygen atoms in total. The third-order valence-corrected chi connectivity index (χ3v) is 25.6. The Morgan fingerprint density at radius 2 is 0.509 bits per heavy atom. The lowest BCUT2D eigenvalue weighted by atomic mass is 9.86. The molecule has 0 spiro atoms. The van der Waals surface area contributed by atoms with Gasteiger partial charge >= 0.3 is 0 Å². The second-order valence-corrected chi connectivity index (χ2v) is 31.5. The van der Waals surface area contributed by atoms with Crippen molar-refractivity contribution in [2.24, 2.45) is 0 Å². The van der Waals surface area contributed by atoms with Gasteiger partial charge in [-0.2, -0.15) is 0 Å². The third-order valence-electron chi connectivity index (χ3n) is 25.6. The van der Waals surface area contributed by atoms with Crippen molar-refractivity contribution >= 4 is 68.2 Å². The molecule has 8 aromatic carbocycles. The summed E-state index contributed by atoms with van der Waals surface area (Å²) in [5.74, 6) is 0. The summed E-state index contributed by atoms with van der Waals surface area (Å²) in [6.45, 7) is 0. The van der Waals surface area contributed by atoms with E-state index in [4.69, 9.17) is 15.0 Å². The molecular formula is C100H68N12. The van der Waals surface area contributed by atoms with Gasteiger partial charge < -0.3 is 19.6 Å². The highest BCUT2D eigenvalue weighted by atomic mass is 15.2. The minimum Gasteiger partial charge on any atom is -0.308 e. The summed E-state index contributed by atoms with van der Waals surface area (Å²) < 4.78 is 0. The fourth-order valence-electron chi connectivity index (χ4n) is 21.1. The second kappa shape index (κ2) is 23.8. The lowest BCUT2D eigenvalue weighted by Crippen LogP contribution is -2.26. The van der Waals surface area contributed by atoms with Gasteiger partial charge in [-0.25, -0.2) is 0 Å². The monoisotopic (exact) mass is 1440 g/mol. The number of benzene rings is 8. The highest BCUT2D eigenvalue weighted by Gasteiger charge is 2.41. The van der Waals surface area contributed by atoms with Crippen LogP contribution in [0, 0.1) is 0 Å². The van der Waals surface area contributed by atoms with E-state index < -0.39 is 0 Å². The van der Waals surface area contributed by atoms with Gasteiger partial charge in [-0.15, -0.1) is 0 Å². The summed E-state index contributed by atoms with van der Waals surface area (Å²) >= 11 is 0. The van der Waals surface area contributed by atoms with Crippen LogP contribution in [-0.4, -0.2) is 39.9 Å². The predicted molar refractivity (Wildman–Crippen MR) is 442 cm³/mol. The van der Waals surface area contributed by atoms with Gasteiger partial charge in [0.2, 0.25) is 0 Å². The molecule has 8 aliphatic heterocycles. The lowest BCUT2D eigenvalue weighted by molar-refractivity contribution is 0.927. The lowest BCUT2D eigenvalue weighted by Gasteiger charge is -2.39. The van der Waals surface area contributed by atoms with Crippen LogP contribution in [0.5, 0.6) is 0 Å². The molecule has 0 saturated carbocycles. The molecule has 8 aromatic heterocycles. The van der Waals surface area contributed by atoms with E-state index in [2.05, 4.69) is 239 Å². The Bertz CT molecular complexity index is 6040. The van der Waals surface area contributed by atoms with Crippen LogP contribution in [0.25, 0.3) is 44.5 Å². The first-order valence-corrected chi connectivity index (χ1v) is 39.3. The number of nitrogens with zero attached hydrogens (tertiary/aromatic N) is 12. The fraction of sp³-hybridized carbons (Fsp3) is 0.120. The summed E-state index contributed by atoms with van der Waals surface area (Å²) in [6, 6.07) is 75.3.